The van der Waals surface area contributed by atoms with E-state index in [9.17, 15) is 9.59 Å². The first-order valence-corrected chi connectivity index (χ1v) is 9.71. The molecule has 8 heteroatoms. The minimum atomic E-state index is -0.794. The van der Waals surface area contributed by atoms with Crippen LogP contribution in [0.5, 0.6) is 0 Å². The fraction of sp³-hybridized carbons (Fsp3) is 0.600. The third kappa shape index (κ3) is 6.84. The van der Waals surface area contributed by atoms with Crippen LogP contribution in [-0.4, -0.2) is 30.4 Å². The number of carbonyl (C=O) groups excluding carboxylic acids is 2. The highest BCUT2D eigenvalue weighted by Crippen LogP contribution is 2.38. The van der Waals surface area contributed by atoms with Gasteiger partial charge >= 0.3 is 19.2 Å². The van der Waals surface area contributed by atoms with Gasteiger partial charge in [-0.2, -0.15) is 0 Å². The highest BCUT2D eigenvalue weighted by molar-refractivity contribution is 6.45. The SMILES string of the molecule is CC1(C)OB(CCCCCC(=O)ONC(=O)OCc2ccccc2)OC1(C)C. The van der Waals surface area contributed by atoms with Crippen molar-refractivity contribution in [2.75, 3.05) is 0 Å². The van der Waals surface area contributed by atoms with E-state index >= 15 is 0 Å². The highest BCUT2D eigenvalue weighted by Gasteiger charge is 2.50. The summed E-state index contributed by atoms with van der Waals surface area (Å²) in [5.74, 6) is -0.493. The first-order valence-electron chi connectivity index (χ1n) is 9.71. The molecule has 0 aromatic heterocycles. The topological polar surface area (TPSA) is 83.1 Å². The van der Waals surface area contributed by atoms with Crippen molar-refractivity contribution in [2.24, 2.45) is 0 Å². The van der Waals surface area contributed by atoms with Gasteiger partial charge in [-0.3, -0.25) is 0 Å². The first kappa shape index (κ1) is 22.2. The predicted octanol–water partition coefficient (Wildman–Crippen LogP) is 4.02. The van der Waals surface area contributed by atoms with Crippen molar-refractivity contribution >= 4 is 19.2 Å². The Hall–Kier alpha value is -2.06. The van der Waals surface area contributed by atoms with Crippen molar-refractivity contribution < 1.29 is 28.5 Å². The lowest BCUT2D eigenvalue weighted by molar-refractivity contribution is -0.150. The van der Waals surface area contributed by atoms with E-state index in [1.807, 2.05) is 63.5 Å². The van der Waals surface area contributed by atoms with Gasteiger partial charge in [-0.15, -0.1) is 5.48 Å². The minimum absolute atomic E-state index is 0.114. The van der Waals surface area contributed by atoms with Gasteiger partial charge < -0.3 is 18.9 Å². The van der Waals surface area contributed by atoms with Crippen molar-refractivity contribution in [3.63, 3.8) is 0 Å². The van der Waals surface area contributed by atoms with Crippen molar-refractivity contribution in [1.82, 2.24) is 5.48 Å². The lowest BCUT2D eigenvalue weighted by Crippen LogP contribution is -2.41. The van der Waals surface area contributed by atoms with Crippen LogP contribution in [0.4, 0.5) is 4.79 Å². The van der Waals surface area contributed by atoms with E-state index in [0.29, 0.717) is 6.42 Å². The third-order valence-corrected chi connectivity index (χ3v) is 5.08. The van der Waals surface area contributed by atoms with Crippen LogP contribution in [-0.2, 0) is 30.3 Å². The van der Waals surface area contributed by atoms with Gasteiger partial charge in [0.05, 0.1) is 11.2 Å². The van der Waals surface area contributed by atoms with Crippen LogP contribution in [0.15, 0.2) is 30.3 Å². The molecule has 1 aromatic carbocycles. The van der Waals surface area contributed by atoms with Crippen molar-refractivity contribution in [2.45, 2.75) is 77.5 Å². The maximum Gasteiger partial charge on any atom is 0.457 e. The maximum atomic E-state index is 11.7. The molecule has 0 aliphatic carbocycles. The molecule has 2 rings (SSSR count). The largest absolute Gasteiger partial charge is 0.457 e. The molecule has 7 nitrogen and oxygen atoms in total. The molecule has 0 spiro atoms. The summed E-state index contributed by atoms with van der Waals surface area (Å²) in [7, 11) is -0.210. The highest BCUT2D eigenvalue weighted by atomic mass is 16.7. The summed E-state index contributed by atoms with van der Waals surface area (Å²) in [6.07, 6.45) is 2.61. The first-order chi connectivity index (χ1) is 13.2. The summed E-state index contributed by atoms with van der Waals surface area (Å²) in [5, 5.41) is 0. The Morgan fingerprint density at radius 1 is 1.00 bits per heavy atom. The molecule has 0 atom stereocenters. The van der Waals surface area contributed by atoms with Crippen molar-refractivity contribution in [1.29, 1.82) is 0 Å². The van der Waals surface area contributed by atoms with E-state index < -0.39 is 12.1 Å². The average Bonchev–Trinajstić information content (AvgIpc) is 2.85. The molecular weight excluding hydrogens is 361 g/mol. The Balaban J connectivity index is 1.50. The summed E-state index contributed by atoms with van der Waals surface area (Å²) < 4.78 is 16.8. The molecule has 0 unspecified atom stereocenters. The van der Waals surface area contributed by atoms with Gasteiger partial charge in [0.25, 0.3) is 0 Å². The normalized spacial score (nSPS) is 17.2. The molecule has 1 N–H and O–H groups in total. The summed E-state index contributed by atoms with van der Waals surface area (Å²) in [6, 6.07) is 9.25. The second kappa shape index (κ2) is 9.93. The van der Waals surface area contributed by atoms with Gasteiger partial charge in [0, 0.05) is 6.42 Å². The minimum Gasteiger partial charge on any atom is -0.443 e. The second-order valence-electron chi connectivity index (χ2n) is 7.92. The van der Waals surface area contributed by atoms with Crippen molar-refractivity contribution in [3.05, 3.63) is 35.9 Å². The fourth-order valence-electron chi connectivity index (χ4n) is 2.74. The van der Waals surface area contributed by atoms with E-state index in [-0.39, 0.29) is 31.3 Å². The third-order valence-electron chi connectivity index (χ3n) is 5.08. The predicted molar refractivity (Wildman–Crippen MR) is 105 cm³/mol. The van der Waals surface area contributed by atoms with E-state index in [1.54, 1.807) is 0 Å². The molecule has 1 aliphatic rings. The summed E-state index contributed by atoms with van der Waals surface area (Å²) in [4.78, 5) is 27.9. The van der Waals surface area contributed by atoms with E-state index in [2.05, 4.69) is 0 Å². The van der Waals surface area contributed by atoms with Crippen molar-refractivity contribution in [3.8, 4) is 0 Å². The quantitative estimate of drug-likeness (QED) is 0.409. The molecule has 1 heterocycles. The smallest absolute Gasteiger partial charge is 0.443 e. The van der Waals surface area contributed by atoms with E-state index in [1.165, 1.54) is 0 Å². The average molecular weight is 391 g/mol. The van der Waals surface area contributed by atoms with Crippen LogP contribution < -0.4 is 5.48 Å². The molecule has 0 saturated carbocycles. The zero-order chi connectivity index (χ0) is 20.6. The summed E-state index contributed by atoms with van der Waals surface area (Å²) in [6.45, 7) is 8.23. The number of unbranched alkanes of at least 4 members (excludes halogenated alkanes) is 2. The molecule has 1 aliphatic heterocycles. The number of carbonyl (C=O) groups is 2. The number of ether oxygens (including phenoxy) is 1. The van der Waals surface area contributed by atoms with E-state index in [0.717, 1.165) is 24.7 Å². The second-order valence-corrected chi connectivity index (χ2v) is 7.92. The number of hydrogen-bond donors (Lipinski definition) is 1. The van der Waals surface area contributed by atoms with Crippen LogP contribution in [0.2, 0.25) is 6.32 Å². The Bertz CT molecular complexity index is 633. The van der Waals surface area contributed by atoms with Gasteiger partial charge in [0.15, 0.2) is 0 Å². The van der Waals surface area contributed by atoms with Crippen LogP contribution >= 0.6 is 0 Å². The Labute approximate surface area is 167 Å². The Morgan fingerprint density at radius 2 is 1.64 bits per heavy atom. The molecule has 154 valence electrons. The Morgan fingerprint density at radius 3 is 2.29 bits per heavy atom. The molecule has 1 saturated heterocycles. The van der Waals surface area contributed by atoms with Gasteiger partial charge in [0.1, 0.15) is 6.61 Å². The van der Waals surface area contributed by atoms with Crippen LogP contribution in [0.25, 0.3) is 0 Å². The molecule has 0 bridgehead atoms. The zero-order valence-electron chi connectivity index (χ0n) is 17.2. The molecular formula is C20H30BNO6. The molecule has 1 aromatic rings. The van der Waals surface area contributed by atoms with Crippen LogP contribution in [0.1, 0.15) is 58.9 Å². The number of benzene rings is 1. The van der Waals surface area contributed by atoms with Gasteiger partial charge in [-0.05, 0) is 46.0 Å². The van der Waals surface area contributed by atoms with Gasteiger partial charge in [-0.1, -0.05) is 43.2 Å². The van der Waals surface area contributed by atoms with E-state index in [4.69, 9.17) is 18.9 Å². The van der Waals surface area contributed by atoms with Crippen LogP contribution in [0.3, 0.4) is 0 Å². The lowest BCUT2D eigenvalue weighted by atomic mass is 9.82. The monoisotopic (exact) mass is 391 g/mol. The molecule has 1 amide bonds. The molecule has 1 fully saturated rings. The summed E-state index contributed by atoms with van der Waals surface area (Å²) in [5.41, 5.74) is 2.22. The number of nitrogens with one attached hydrogen (secondary N) is 1. The van der Waals surface area contributed by atoms with Crippen LogP contribution in [0, 0.1) is 0 Å². The van der Waals surface area contributed by atoms with Gasteiger partial charge in [0.2, 0.25) is 0 Å². The number of hydroxylamine groups is 1. The Kier molecular flexibility index (Phi) is 7.89. The zero-order valence-corrected chi connectivity index (χ0v) is 17.2. The fourth-order valence-corrected chi connectivity index (χ4v) is 2.74. The maximum absolute atomic E-state index is 11.7. The standard InChI is InChI=1S/C20H30BNO6/c1-19(2)20(3,4)28-21(27-19)14-10-6-9-13-17(23)26-22-18(24)25-15-16-11-7-5-8-12-16/h5,7-8,11-12H,6,9-10,13-15H2,1-4H3,(H,22,24). The van der Waals surface area contributed by atoms with Gasteiger partial charge in [-0.25, -0.2) is 9.59 Å². The lowest BCUT2D eigenvalue weighted by Gasteiger charge is -2.32. The number of hydrogen-bond acceptors (Lipinski definition) is 6. The number of rotatable bonds is 8. The molecule has 28 heavy (non-hydrogen) atoms. The summed E-state index contributed by atoms with van der Waals surface area (Å²) >= 11 is 0. The number of amides is 1. The molecule has 0 radical (unpaired) electrons.